The molecule has 1 aliphatic carbocycles. The van der Waals surface area contributed by atoms with E-state index in [9.17, 15) is 5.11 Å². The molecule has 1 aromatic heterocycles. The maximum absolute atomic E-state index is 9.68. The standard InChI is InChI=1S/C15H16N2O/c1-17(2)14-8-4-7-12-11-6-3-5-10(18)9-13(11)16-15(12)14/h3-5,7-9,16,18H,6H2,1-2H3. The van der Waals surface area contributed by atoms with Gasteiger partial charge in [0.05, 0.1) is 11.2 Å². The van der Waals surface area contributed by atoms with Gasteiger partial charge in [-0.25, -0.2) is 0 Å². The topological polar surface area (TPSA) is 39.3 Å². The normalized spacial score (nSPS) is 14.2. The summed E-state index contributed by atoms with van der Waals surface area (Å²) in [6.07, 6.45) is 6.37. The van der Waals surface area contributed by atoms with Crippen molar-refractivity contribution in [3.05, 3.63) is 47.4 Å². The van der Waals surface area contributed by atoms with Gasteiger partial charge < -0.3 is 15.0 Å². The molecular weight excluding hydrogens is 224 g/mol. The molecule has 0 amide bonds. The molecule has 0 bridgehead atoms. The first-order valence-electron chi connectivity index (χ1n) is 6.05. The lowest BCUT2D eigenvalue weighted by Gasteiger charge is -2.13. The van der Waals surface area contributed by atoms with Gasteiger partial charge in [0.2, 0.25) is 0 Å². The Balaban J connectivity index is 2.31. The number of hydrogen-bond acceptors (Lipinski definition) is 2. The van der Waals surface area contributed by atoms with E-state index >= 15 is 0 Å². The van der Waals surface area contributed by atoms with Crippen molar-refractivity contribution in [1.29, 1.82) is 0 Å². The minimum atomic E-state index is 0.298. The number of nitrogens with zero attached hydrogens (tertiary/aromatic N) is 1. The quantitative estimate of drug-likeness (QED) is 0.803. The monoisotopic (exact) mass is 240 g/mol. The molecule has 0 spiro atoms. The van der Waals surface area contributed by atoms with Crippen LogP contribution in [-0.2, 0) is 6.42 Å². The average Bonchev–Trinajstić information content (AvgIpc) is 2.56. The Labute approximate surface area is 106 Å². The van der Waals surface area contributed by atoms with E-state index in [-0.39, 0.29) is 0 Å². The SMILES string of the molecule is CN(C)c1cccc2c3c([nH]c12)C=C(O)C=CC3. The van der Waals surface area contributed by atoms with Crippen molar-refractivity contribution in [1.82, 2.24) is 4.98 Å². The van der Waals surface area contributed by atoms with Crippen LogP contribution in [0, 0.1) is 0 Å². The molecule has 3 nitrogen and oxygen atoms in total. The number of allylic oxidation sites excluding steroid dienone is 2. The van der Waals surface area contributed by atoms with Crippen molar-refractivity contribution in [2.45, 2.75) is 6.42 Å². The Morgan fingerprint density at radius 3 is 2.89 bits per heavy atom. The maximum Gasteiger partial charge on any atom is 0.117 e. The highest BCUT2D eigenvalue weighted by molar-refractivity contribution is 5.96. The Hall–Kier alpha value is -2.16. The molecule has 1 aliphatic rings. The van der Waals surface area contributed by atoms with Crippen LogP contribution in [0.25, 0.3) is 17.0 Å². The molecule has 2 N–H and O–H groups in total. The molecule has 0 fully saturated rings. The van der Waals surface area contributed by atoms with E-state index < -0.39 is 0 Å². The van der Waals surface area contributed by atoms with Gasteiger partial charge in [-0.05, 0) is 24.1 Å². The number of anilines is 1. The zero-order valence-corrected chi connectivity index (χ0v) is 10.6. The lowest BCUT2D eigenvalue weighted by atomic mass is 10.1. The van der Waals surface area contributed by atoms with Gasteiger partial charge >= 0.3 is 0 Å². The van der Waals surface area contributed by atoms with Crippen molar-refractivity contribution in [3.63, 3.8) is 0 Å². The Kier molecular flexibility index (Phi) is 2.40. The van der Waals surface area contributed by atoms with Gasteiger partial charge in [0.15, 0.2) is 0 Å². The van der Waals surface area contributed by atoms with Crippen LogP contribution >= 0.6 is 0 Å². The van der Waals surface area contributed by atoms with Crippen LogP contribution < -0.4 is 4.90 Å². The van der Waals surface area contributed by atoms with Crippen LogP contribution in [0.1, 0.15) is 11.3 Å². The van der Waals surface area contributed by atoms with E-state index in [1.165, 1.54) is 10.9 Å². The van der Waals surface area contributed by atoms with Crippen LogP contribution in [0.5, 0.6) is 0 Å². The third kappa shape index (κ3) is 1.59. The summed E-state index contributed by atoms with van der Waals surface area (Å²) in [5.41, 5.74) is 4.54. The van der Waals surface area contributed by atoms with Crippen LogP contribution in [0.15, 0.2) is 36.1 Å². The van der Waals surface area contributed by atoms with Crippen molar-refractivity contribution >= 4 is 22.7 Å². The summed E-state index contributed by atoms with van der Waals surface area (Å²) in [6.45, 7) is 0. The molecule has 1 aromatic carbocycles. The van der Waals surface area contributed by atoms with Crippen molar-refractivity contribution < 1.29 is 5.11 Å². The van der Waals surface area contributed by atoms with E-state index in [0.29, 0.717) is 5.76 Å². The first-order valence-corrected chi connectivity index (χ1v) is 6.05. The smallest absolute Gasteiger partial charge is 0.117 e. The van der Waals surface area contributed by atoms with Crippen molar-refractivity contribution in [3.8, 4) is 0 Å². The summed E-state index contributed by atoms with van der Waals surface area (Å²) in [7, 11) is 4.07. The van der Waals surface area contributed by atoms with Gasteiger partial charge in [-0.3, -0.25) is 0 Å². The molecule has 1 heterocycles. The summed E-state index contributed by atoms with van der Waals surface area (Å²) < 4.78 is 0. The predicted molar refractivity (Wildman–Crippen MR) is 76.1 cm³/mol. The molecule has 3 rings (SSSR count). The van der Waals surface area contributed by atoms with Gasteiger partial charge in [0.25, 0.3) is 0 Å². The Morgan fingerprint density at radius 2 is 2.11 bits per heavy atom. The van der Waals surface area contributed by atoms with Crippen molar-refractivity contribution in [2.75, 3.05) is 19.0 Å². The van der Waals surface area contributed by atoms with Crippen LogP contribution in [-0.4, -0.2) is 24.2 Å². The first-order chi connectivity index (χ1) is 8.66. The van der Waals surface area contributed by atoms with E-state index in [1.54, 1.807) is 12.2 Å². The largest absolute Gasteiger partial charge is 0.508 e. The van der Waals surface area contributed by atoms with Crippen LogP contribution in [0.4, 0.5) is 5.69 Å². The minimum Gasteiger partial charge on any atom is -0.508 e. The van der Waals surface area contributed by atoms with E-state index in [4.69, 9.17) is 0 Å². The molecular formula is C15H16N2O. The van der Waals surface area contributed by atoms with Crippen LogP contribution in [0.2, 0.25) is 0 Å². The highest BCUT2D eigenvalue weighted by Crippen LogP contribution is 2.32. The third-order valence-electron chi connectivity index (χ3n) is 3.34. The number of rotatable bonds is 1. The summed E-state index contributed by atoms with van der Waals surface area (Å²) in [5.74, 6) is 0.298. The molecule has 18 heavy (non-hydrogen) atoms. The number of benzene rings is 1. The molecule has 0 aliphatic heterocycles. The van der Waals surface area contributed by atoms with Crippen molar-refractivity contribution in [2.24, 2.45) is 0 Å². The lowest BCUT2D eigenvalue weighted by molar-refractivity contribution is 0.437. The molecule has 0 unspecified atom stereocenters. The molecule has 2 aromatic rings. The van der Waals surface area contributed by atoms with E-state index in [1.807, 2.05) is 20.2 Å². The summed E-state index contributed by atoms with van der Waals surface area (Å²) in [4.78, 5) is 5.51. The number of aliphatic hydroxyl groups is 1. The number of aromatic amines is 1. The number of H-pyrrole nitrogens is 1. The minimum absolute atomic E-state index is 0.298. The highest BCUT2D eigenvalue weighted by Gasteiger charge is 2.14. The van der Waals surface area contributed by atoms with Crippen LogP contribution in [0.3, 0.4) is 0 Å². The molecule has 3 heteroatoms. The van der Waals surface area contributed by atoms with Gasteiger partial charge in [0.1, 0.15) is 5.76 Å². The van der Waals surface area contributed by atoms with Gasteiger partial charge in [-0.2, -0.15) is 0 Å². The molecule has 0 atom stereocenters. The summed E-state index contributed by atoms with van der Waals surface area (Å²) in [6, 6.07) is 6.29. The Morgan fingerprint density at radius 1 is 1.28 bits per heavy atom. The summed E-state index contributed by atoms with van der Waals surface area (Å²) in [5, 5.41) is 10.9. The fraction of sp³-hybridized carbons (Fsp3) is 0.200. The fourth-order valence-corrected chi connectivity index (χ4v) is 2.49. The first kappa shape index (κ1) is 11.0. The third-order valence-corrected chi connectivity index (χ3v) is 3.34. The van der Waals surface area contributed by atoms with Gasteiger partial charge in [0, 0.05) is 31.3 Å². The number of hydrogen-bond donors (Lipinski definition) is 2. The van der Waals surface area contributed by atoms with Gasteiger partial charge in [-0.15, -0.1) is 0 Å². The number of para-hydroxylation sites is 1. The van der Waals surface area contributed by atoms with Gasteiger partial charge in [-0.1, -0.05) is 18.2 Å². The van der Waals surface area contributed by atoms with E-state index in [2.05, 4.69) is 28.1 Å². The molecule has 0 radical (unpaired) electrons. The molecule has 92 valence electrons. The predicted octanol–water partition coefficient (Wildman–Crippen LogP) is 3.25. The number of nitrogens with one attached hydrogen (secondary N) is 1. The fourth-order valence-electron chi connectivity index (χ4n) is 2.49. The molecule has 0 saturated heterocycles. The number of aliphatic hydroxyl groups excluding tert-OH is 1. The zero-order valence-electron chi connectivity index (χ0n) is 10.6. The second-order valence-electron chi connectivity index (χ2n) is 4.79. The second kappa shape index (κ2) is 3.95. The number of fused-ring (bicyclic) bond motifs is 3. The van der Waals surface area contributed by atoms with E-state index in [0.717, 1.165) is 23.3 Å². The molecule has 0 saturated carbocycles. The highest BCUT2D eigenvalue weighted by atomic mass is 16.3. The average molecular weight is 240 g/mol. The number of aromatic nitrogens is 1. The lowest BCUT2D eigenvalue weighted by Crippen LogP contribution is -2.08. The second-order valence-corrected chi connectivity index (χ2v) is 4.79. The maximum atomic E-state index is 9.68. The Bertz CT molecular complexity index is 662. The summed E-state index contributed by atoms with van der Waals surface area (Å²) >= 11 is 0. The zero-order chi connectivity index (χ0) is 12.7.